The van der Waals surface area contributed by atoms with Crippen molar-refractivity contribution in [2.75, 3.05) is 6.26 Å². The molecule has 3 nitrogen and oxygen atoms in total. The molecule has 0 saturated carbocycles. The Hall–Kier alpha value is 1.05. The number of rotatable bonds is 2. The molecule has 1 saturated heterocycles. The molecule has 1 atom stereocenters. The van der Waals surface area contributed by atoms with Crippen molar-refractivity contribution in [2.45, 2.75) is 21.2 Å². The zero-order valence-corrected chi connectivity index (χ0v) is 11.0. The van der Waals surface area contributed by atoms with Crippen molar-refractivity contribution < 1.29 is 9.55 Å². The molecule has 0 bridgehead atoms. The molecule has 14 heavy (non-hydrogen) atoms. The second-order valence-electron chi connectivity index (χ2n) is 3.01. The molecule has 0 aromatic heterocycles. The molecule has 8 heteroatoms. The Kier molecular flexibility index (Phi) is 4.22. The molecular weight excluding hydrogens is 257 g/mol. The Morgan fingerprint density at radius 2 is 2.07 bits per heavy atom. The fourth-order valence-corrected chi connectivity index (χ4v) is 3.47. The number of thioether (sulfide) groups is 1. The molecule has 2 radical (unpaired) electrons. The predicted molar refractivity (Wildman–Crippen MR) is 68.9 cm³/mol. The fraction of sp³-hybridized carbons (Fsp3) is 0.833. The van der Waals surface area contributed by atoms with Crippen LogP contribution in [0.25, 0.3) is 0 Å². The number of piperidine rings is 1. The van der Waals surface area contributed by atoms with Crippen LogP contribution in [0, 0.1) is 0 Å². The van der Waals surface area contributed by atoms with Crippen molar-refractivity contribution >= 4 is 63.5 Å². The van der Waals surface area contributed by atoms with E-state index in [1.807, 2.05) is 6.26 Å². The maximum Gasteiger partial charge on any atom is 0.317 e. The molecule has 0 amide bonds. The Balaban J connectivity index is 2.99. The molecule has 0 spiro atoms. The van der Waals surface area contributed by atoms with Gasteiger partial charge in [-0.1, -0.05) is 0 Å². The van der Waals surface area contributed by atoms with E-state index < -0.39 is 8.41 Å². The molecule has 1 unspecified atom stereocenters. The van der Waals surface area contributed by atoms with Crippen molar-refractivity contribution in [3.8, 4) is 0 Å². The number of thiol groups is 3. The third-order valence-electron chi connectivity index (χ3n) is 1.94. The standard InChI is InChI=1S/C6H10BNO2S4/c1-14-6(13)3-4(9)2-5(11,12)8(6)10-7/h11-13H,2-3H2,1H3. The summed E-state index contributed by atoms with van der Waals surface area (Å²) in [6.45, 7) is 0. The molecule has 1 heterocycles. The lowest BCUT2D eigenvalue weighted by molar-refractivity contribution is -0.143. The van der Waals surface area contributed by atoms with Gasteiger partial charge in [-0.15, -0.1) is 49.6 Å². The molecule has 0 aliphatic carbocycles. The quantitative estimate of drug-likeness (QED) is 0.397. The van der Waals surface area contributed by atoms with Gasteiger partial charge in [-0.3, -0.25) is 4.79 Å². The molecule has 1 rings (SSSR count). The van der Waals surface area contributed by atoms with E-state index in [2.05, 4.69) is 37.9 Å². The van der Waals surface area contributed by atoms with Crippen LogP contribution in [0.15, 0.2) is 0 Å². The van der Waals surface area contributed by atoms with E-state index in [1.165, 1.54) is 16.8 Å². The van der Waals surface area contributed by atoms with Gasteiger partial charge in [0.2, 0.25) is 0 Å². The van der Waals surface area contributed by atoms with E-state index >= 15 is 0 Å². The molecule has 0 aromatic carbocycles. The lowest BCUT2D eigenvalue weighted by Crippen LogP contribution is -2.56. The molecular formula is C6H10BNO2S4. The highest BCUT2D eigenvalue weighted by Gasteiger charge is 2.50. The first-order valence-electron chi connectivity index (χ1n) is 3.77. The minimum atomic E-state index is -1.02. The largest absolute Gasteiger partial charge is 0.370 e. The summed E-state index contributed by atoms with van der Waals surface area (Å²) in [5.74, 6) is 0.0349. The Labute approximate surface area is 105 Å². The zero-order chi connectivity index (χ0) is 11.0. The molecule has 0 N–H and O–H groups in total. The van der Waals surface area contributed by atoms with Gasteiger partial charge in [0.25, 0.3) is 0 Å². The van der Waals surface area contributed by atoms with E-state index in [1.54, 1.807) is 0 Å². The topological polar surface area (TPSA) is 29.5 Å². The summed E-state index contributed by atoms with van der Waals surface area (Å²) in [5, 5.41) is 1.32. The number of hydroxylamine groups is 2. The summed E-state index contributed by atoms with van der Waals surface area (Å²) in [5.41, 5.74) is 0. The predicted octanol–water partition coefficient (Wildman–Crippen LogP) is 1.13. The third kappa shape index (κ3) is 2.41. The molecule has 0 aromatic rings. The first-order chi connectivity index (χ1) is 6.35. The van der Waals surface area contributed by atoms with Gasteiger partial charge in [0.15, 0.2) is 0 Å². The third-order valence-corrected chi connectivity index (χ3v) is 4.47. The first-order valence-corrected chi connectivity index (χ1v) is 6.33. The average Bonchev–Trinajstić information content (AvgIpc) is 2.01. The zero-order valence-electron chi connectivity index (χ0n) is 7.51. The Bertz CT molecular complexity index is 252. The number of nitrogens with zero attached hydrogens (tertiary/aromatic N) is 1. The minimum Gasteiger partial charge on any atom is -0.370 e. The maximum absolute atomic E-state index is 11.4. The number of Topliss-reactive ketones (excluding diaryl/α,β-unsaturated/α-hetero) is 1. The van der Waals surface area contributed by atoms with Gasteiger partial charge in [0, 0.05) is 12.8 Å². The molecule has 1 aliphatic heterocycles. The number of ketones is 1. The Morgan fingerprint density at radius 1 is 1.50 bits per heavy atom. The summed E-state index contributed by atoms with van der Waals surface area (Å²) in [6, 6.07) is 0. The van der Waals surface area contributed by atoms with Crippen molar-refractivity contribution in [2.24, 2.45) is 0 Å². The van der Waals surface area contributed by atoms with Crippen LogP contribution in [-0.4, -0.2) is 33.6 Å². The van der Waals surface area contributed by atoms with Crippen molar-refractivity contribution in [3.05, 3.63) is 0 Å². The number of hydrogen-bond acceptors (Lipinski definition) is 7. The van der Waals surface area contributed by atoms with Gasteiger partial charge in [-0.2, -0.15) is 5.06 Å². The van der Waals surface area contributed by atoms with Crippen molar-refractivity contribution in [1.29, 1.82) is 0 Å². The Morgan fingerprint density at radius 3 is 2.50 bits per heavy atom. The summed E-state index contributed by atoms with van der Waals surface area (Å²) < 4.78 is 2.86. The van der Waals surface area contributed by atoms with Crippen LogP contribution in [0.4, 0.5) is 0 Å². The minimum absolute atomic E-state index is 0.0349. The van der Waals surface area contributed by atoms with Crippen LogP contribution in [0.5, 0.6) is 0 Å². The van der Waals surface area contributed by atoms with Crippen LogP contribution >= 0.6 is 49.6 Å². The second-order valence-corrected chi connectivity index (χ2v) is 6.97. The van der Waals surface area contributed by atoms with Crippen LogP contribution in [0.1, 0.15) is 12.8 Å². The van der Waals surface area contributed by atoms with Crippen LogP contribution in [0.2, 0.25) is 0 Å². The van der Waals surface area contributed by atoms with Crippen molar-refractivity contribution in [1.82, 2.24) is 5.06 Å². The van der Waals surface area contributed by atoms with E-state index in [-0.39, 0.29) is 18.6 Å². The monoisotopic (exact) mass is 267 g/mol. The van der Waals surface area contributed by atoms with Gasteiger partial charge in [0.1, 0.15) is 14.2 Å². The smallest absolute Gasteiger partial charge is 0.317 e. The van der Waals surface area contributed by atoms with E-state index in [4.69, 9.17) is 12.8 Å². The highest BCUT2D eigenvalue weighted by Crippen LogP contribution is 2.48. The summed E-state index contributed by atoms with van der Waals surface area (Å²) in [7, 11) is 5.13. The summed E-state index contributed by atoms with van der Waals surface area (Å²) >= 11 is 14.2. The summed E-state index contributed by atoms with van der Waals surface area (Å²) in [6.07, 6.45) is 2.23. The highest BCUT2D eigenvalue weighted by atomic mass is 32.2. The lowest BCUT2D eigenvalue weighted by Gasteiger charge is -2.48. The molecule has 78 valence electrons. The second kappa shape index (κ2) is 4.51. The first kappa shape index (κ1) is 13.1. The normalized spacial score (nSPS) is 33.3. The van der Waals surface area contributed by atoms with Gasteiger partial charge < -0.3 is 4.76 Å². The van der Waals surface area contributed by atoms with Gasteiger partial charge in [-0.05, 0) is 6.26 Å². The van der Waals surface area contributed by atoms with Gasteiger partial charge >= 0.3 is 8.05 Å². The highest BCUT2D eigenvalue weighted by molar-refractivity contribution is 8.11. The van der Waals surface area contributed by atoms with Crippen LogP contribution in [-0.2, 0) is 9.55 Å². The van der Waals surface area contributed by atoms with E-state index in [0.717, 1.165) is 0 Å². The van der Waals surface area contributed by atoms with Crippen molar-refractivity contribution in [3.63, 3.8) is 0 Å². The summed E-state index contributed by atoms with van der Waals surface area (Å²) in [4.78, 5) is 11.4. The van der Waals surface area contributed by atoms with Gasteiger partial charge in [-0.25, -0.2) is 0 Å². The maximum atomic E-state index is 11.4. The molecule has 1 fully saturated rings. The number of carbonyl (C=O) groups is 1. The van der Waals surface area contributed by atoms with E-state index in [9.17, 15) is 4.79 Å². The van der Waals surface area contributed by atoms with Gasteiger partial charge in [0.05, 0.1) is 0 Å². The van der Waals surface area contributed by atoms with E-state index in [0.29, 0.717) is 0 Å². The van der Waals surface area contributed by atoms with Crippen LogP contribution in [0.3, 0.4) is 0 Å². The number of carbonyl (C=O) groups excluding carboxylic acids is 1. The molecule has 1 aliphatic rings. The SMILES string of the molecule is [B]ON1C(S)(S)CC(=O)CC1(S)SC. The lowest BCUT2D eigenvalue weighted by atomic mass is 10.1. The average molecular weight is 267 g/mol. The van der Waals surface area contributed by atoms with Crippen LogP contribution < -0.4 is 0 Å². The fourth-order valence-electron chi connectivity index (χ4n) is 1.33. The number of hydrogen-bond donors (Lipinski definition) is 3.